The lowest BCUT2D eigenvalue weighted by Crippen LogP contribution is -2.58. The molecular formula is C5H3F8O. The molecule has 0 aromatic heterocycles. The third kappa shape index (κ3) is 1.77. The maximum atomic E-state index is 12.1. The fourth-order valence-electron chi connectivity index (χ4n) is 0.472. The summed E-state index contributed by atoms with van der Waals surface area (Å²) in [6.07, 6.45) is -4.98. The van der Waals surface area contributed by atoms with Gasteiger partial charge in [-0.05, 0) is 0 Å². The molecule has 0 N–H and O–H groups in total. The molecule has 0 saturated carbocycles. The van der Waals surface area contributed by atoms with Crippen LogP contribution in [0.5, 0.6) is 0 Å². The summed E-state index contributed by atoms with van der Waals surface area (Å²) in [4.78, 5) is 0. The molecule has 0 bridgehead atoms. The van der Waals surface area contributed by atoms with E-state index in [-0.39, 0.29) is 0 Å². The van der Waals surface area contributed by atoms with Crippen molar-refractivity contribution in [3.8, 4) is 0 Å². The molecule has 0 aromatic carbocycles. The minimum absolute atomic E-state index is 2.90. The second-order valence-corrected chi connectivity index (χ2v) is 2.35. The van der Waals surface area contributed by atoms with E-state index in [1.807, 2.05) is 0 Å². The molecule has 0 aliphatic heterocycles. The Kier molecular flexibility index (Phi) is 3.37. The molecular weight excluding hydrogens is 228 g/mol. The topological polar surface area (TPSA) is 19.9 Å². The molecule has 0 saturated heterocycles. The number of hydrogen-bond acceptors (Lipinski definition) is 0. The summed E-state index contributed by atoms with van der Waals surface area (Å²) < 4.78 is 94.3. The lowest BCUT2D eigenvalue weighted by atomic mass is 10.1. The highest BCUT2D eigenvalue weighted by Crippen LogP contribution is 2.48. The van der Waals surface area contributed by atoms with Gasteiger partial charge in [0.05, 0.1) is 0 Å². The van der Waals surface area contributed by atoms with Crippen LogP contribution >= 0.6 is 0 Å². The Morgan fingerprint density at radius 2 is 1.29 bits per heavy atom. The van der Waals surface area contributed by atoms with E-state index in [0.29, 0.717) is 0 Å². The van der Waals surface area contributed by atoms with E-state index in [9.17, 15) is 40.2 Å². The van der Waals surface area contributed by atoms with E-state index < -0.39 is 30.8 Å². The molecule has 0 aliphatic rings. The molecule has 0 aliphatic carbocycles. The fraction of sp³-hybridized carbons (Fsp3) is 1.00. The Hall–Kier alpha value is -0.600. The van der Waals surface area contributed by atoms with Crippen molar-refractivity contribution in [3.05, 3.63) is 0 Å². The molecule has 0 atom stereocenters. The van der Waals surface area contributed by atoms with E-state index in [2.05, 4.69) is 0 Å². The van der Waals surface area contributed by atoms with E-state index in [4.69, 9.17) is 0 Å². The highest BCUT2D eigenvalue weighted by atomic mass is 19.4. The van der Waals surface area contributed by atoms with Crippen LogP contribution < -0.4 is 0 Å². The highest BCUT2D eigenvalue weighted by molar-refractivity contribution is 4.97. The third-order valence-corrected chi connectivity index (χ3v) is 1.33. The van der Waals surface area contributed by atoms with Crippen LogP contribution in [0.25, 0.3) is 0 Å². The highest BCUT2D eigenvalue weighted by Gasteiger charge is 2.75. The van der Waals surface area contributed by atoms with Gasteiger partial charge < -0.3 is 0 Å². The van der Waals surface area contributed by atoms with Crippen LogP contribution in [0.2, 0.25) is 0 Å². The number of halogens is 8. The van der Waals surface area contributed by atoms with Crippen LogP contribution in [-0.4, -0.2) is 30.8 Å². The zero-order valence-corrected chi connectivity index (χ0v) is 6.22. The largest absolute Gasteiger partial charge is 0.380 e. The van der Waals surface area contributed by atoms with Gasteiger partial charge in [0.2, 0.25) is 0 Å². The number of alkyl halides is 8. The molecule has 1 radical (unpaired) electrons. The quantitative estimate of drug-likeness (QED) is 0.662. The Bertz CT molecular complexity index is 200. The molecule has 0 unspecified atom stereocenters. The summed E-state index contributed by atoms with van der Waals surface area (Å²) >= 11 is 0. The summed E-state index contributed by atoms with van der Waals surface area (Å²) in [6.45, 7) is -2.90. The van der Waals surface area contributed by atoms with Crippen LogP contribution in [0.3, 0.4) is 0 Å². The molecule has 85 valence electrons. The van der Waals surface area contributed by atoms with Crippen LogP contribution in [0.15, 0.2) is 0 Å². The first-order valence-electron chi connectivity index (χ1n) is 3.00. The Balaban J connectivity index is 5.14. The van der Waals surface area contributed by atoms with E-state index in [1.165, 1.54) is 0 Å². The zero-order chi connectivity index (χ0) is 11.8. The monoisotopic (exact) mass is 231 g/mol. The van der Waals surface area contributed by atoms with Gasteiger partial charge in [-0.15, -0.1) is 0 Å². The number of rotatable bonds is 4. The first-order chi connectivity index (χ1) is 6.00. The summed E-state index contributed by atoms with van der Waals surface area (Å²) in [5.41, 5.74) is 0. The predicted molar refractivity (Wildman–Crippen MR) is 26.4 cm³/mol. The lowest BCUT2D eigenvalue weighted by Gasteiger charge is -2.30. The van der Waals surface area contributed by atoms with Crippen molar-refractivity contribution >= 4 is 0 Å². The fourth-order valence-corrected chi connectivity index (χ4v) is 0.472. The minimum atomic E-state index is -6.37. The summed E-state index contributed by atoms with van der Waals surface area (Å²) in [5, 5.41) is 9.46. The first kappa shape index (κ1) is 13.4. The van der Waals surface area contributed by atoms with Crippen LogP contribution in [0.1, 0.15) is 0 Å². The first-order valence-corrected chi connectivity index (χ1v) is 3.00. The van der Waals surface area contributed by atoms with Gasteiger partial charge in [0.15, 0.2) is 6.61 Å². The minimum Gasteiger partial charge on any atom is -0.230 e. The average molecular weight is 231 g/mol. The maximum Gasteiger partial charge on any atom is 0.380 e. The second kappa shape index (κ2) is 3.52. The SMILES string of the molecule is [O]CC(F)(F)C(F)(F)C(F)(F)C(F)F. The Morgan fingerprint density at radius 3 is 1.50 bits per heavy atom. The van der Waals surface area contributed by atoms with E-state index >= 15 is 0 Å². The summed E-state index contributed by atoms with van der Waals surface area (Å²) in [5.74, 6) is -18.3. The molecule has 1 nitrogen and oxygen atoms in total. The number of hydrogen-bond donors (Lipinski definition) is 0. The van der Waals surface area contributed by atoms with Crippen molar-refractivity contribution in [2.45, 2.75) is 24.2 Å². The molecule has 0 heterocycles. The van der Waals surface area contributed by atoms with Gasteiger partial charge in [-0.25, -0.2) is 13.9 Å². The summed E-state index contributed by atoms with van der Waals surface area (Å²) in [7, 11) is 0. The molecule has 0 rings (SSSR count). The van der Waals surface area contributed by atoms with Gasteiger partial charge in [-0.1, -0.05) is 0 Å². The standard InChI is InChI=1S/C5H3F8O/c6-2(7)4(10,11)5(12,13)3(8,9)1-14/h2H,1H2. The molecule has 14 heavy (non-hydrogen) atoms. The van der Waals surface area contributed by atoms with Crippen LogP contribution in [0.4, 0.5) is 35.1 Å². The normalized spacial score (nSPS) is 15.0. The zero-order valence-electron chi connectivity index (χ0n) is 6.22. The van der Waals surface area contributed by atoms with Gasteiger partial charge in [-0.3, -0.25) is 0 Å². The van der Waals surface area contributed by atoms with Crippen molar-refractivity contribution in [3.63, 3.8) is 0 Å². The lowest BCUT2D eigenvalue weighted by molar-refractivity contribution is -0.346. The van der Waals surface area contributed by atoms with Crippen molar-refractivity contribution in [1.82, 2.24) is 0 Å². The second-order valence-electron chi connectivity index (χ2n) is 2.35. The third-order valence-electron chi connectivity index (χ3n) is 1.33. The van der Waals surface area contributed by atoms with Gasteiger partial charge in [0, 0.05) is 0 Å². The predicted octanol–water partition coefficient (Wildman–Crippen LogP) is 2.59. The van der Waals surface area contributed by atoms with Crippen molar-refractivity contribution in [2.24, 2.45) is 0 Å². The molecule has 0 aromatic rings. The average Bonchev–Trinajstić information content (AvgIpc) is 2.03. The van der Waals surface area contributed by atoms with Gasteiger partial charge in [0.25, 0.3) is 0 Å². The van der Waals surface area contributed by atoms with Crippen molar-refractivity contribution in [1.29, 1.82) is 0 Å². The van der Waals surface area contributed by atoms with Crippen LogP contribution in [0, 0.1) is 0 Å². The van der Waals surface area contributed by atoms with Crippen molar-refractivity contribution < 1.29 is 40.2 Å². The van der Waals surface area contributed by atoms with Gasteiger partial charge in [-0.2, -0.15) is 26.3 Å². The van der Waals surface area contributed by atoms with Crippen molar-refractivity contribution in [2.75, 3.05) is 6.61 Å². The van der Waals surface area contributed by atoms with E-state index in [0.717, 1.165) is 0 Å². The van der Waals surface area contributed by atoms with Gasteiger partial charge >= 0.3 is 24.2 Å². The molecule has 9 heteroatoms. The molecule has 0 amide bonds. The maximum absolute atomic E-state index is 12.1. The summed E-state index contributed by atoms with van der Waals surface area (Å²) in [6, 6.07) is 0. The molecule has 0 spiro atoms. The Morgan fingerprint density at radius 1 is 0.929 bits per heavy atom. The van der Waals surface area contributed by atoms with Gasteiger partial charge in [0.1, 0.15) is 0 Å². The molecule has 0 fully saturated rings. The van der Waals surface area contributed by atoms with E-state index in [1.54, 1.807) is 0 Å². The van der Waals surface area contributed by atoms with Crippen LogP contribution in [-0.2, 0) is 5.11 Å². The smallest absolute Gasteiger partial charge is 0.230 e. The Labute approximate surface area is 72.3 Å².